The van der Waals surface area contributed by atoms with E-state index < -0.39 is 15.9 Å². The molecule has 2 rings (SSSR count). The number of amides is 1. The number of nitrogens with one attached hydrogen (secondary N) is 1. The van der Waals surface area contributed by atoms with Gasteiger partial charge in [-0.1, -0.05) is 6.07 Å². The number of nitrogens with two attached hydrogens (primary N) is 2. The van der Waals surface area contributed by atoms with Gasteiger partial charge in [-0.25, -0.2) is 13.6 Å². The van der Waals surface area contributed by atoms with E-state index in [1.165, 1.54) is 18.4 Å². The van der Waals surface area contributed by atoms with Gasteiger partial charge in [0, 0.05) is 11.2 Å². The number of primary sulfonamides is 1. The molecule has 0 bridgehead atoms. The number of nitrogen functional groups attached to an aromatic ring is 1. The summed E-state index contributed by atoms with van der Waals surface area (Å²) in [7, 11) is -2.08. The monoisotopic (exact) mass is 329 g/mol. The number of ether oxygens (including phenoxy) is 1. The number of hydrogen-bond donors (Lipinski definition) is 3. The van der Waals surface area contributed by atoms with Crippen molar-refractivity contribution in [3.8, 4) is 5.75 Å². The van der Waals surface area contributed by atoms with E-state index in [1.54, 1.807) is 12.1 Å². The van der Waals surface area contributed by atoms with Crippen LogP contribution in [0.2, 0.25) is 0 Å². The summed E-state index contributed by atoms with van der Waals surface area (Å²) >= 11 is 1.22. The zero-order chi connectivity index (χ0) is 15.6. The van der Waals surface area contributed by atoms with E-state index in [0.29, 0.717) is 21.7 Å². The van der Waals surface area contributed by atoms with Crippen LogP contribution in [0, 0.1) is 0 Å². The Kier molecular flexibility index (Phi) is 4.35. The fourth-order valence-electron chi connectivity index (χ4n) is 1.87. The van der Waals surface area contributed by atoms with Crippen LogP contribution in [0.3, 0.4) is 0 Å². The van der Waals surface area contributed by atoms with Crippen LogP contribution in [0.1, 0.15) is 9.67 Å². The summed E-state index contributed by atoms with van der Waals surface area (Å²) in [5.74, 6) is -0.170. The molecular weight excluding hydrogens is 314 g/mol. The molecular formula is C12H15N3O4S2. The first-order chi connectivity index (χ1) is 9.83. The van der Waals surface area contributed by atoms with Crippen molar-refractivity contribution in [2.45, 2.75) is 0 Å². The largest absolute Gasteiger partial charge is 0.496 e. The van der Waals surface area contributed by atoms with E-state index in [2.05, 4.69) is 5.32 Å². The molecule has 1 aromatic carbocycles. The number of hydrogen-bond acceptors (Lipinski definition) is 6. The number of rotatable bonds is 5. The van der Waals surface area contributed by atoms with Crippen molar-refractivity contribution in [3.05, 3.63) is 23.1 Å². The zero-order valence-electron chi connectivity index (χ0n) is 11.3. The van der Waals surface area contributed by atoms with Crippen molar-refractivity contribution in [2.75, 3.05) is 25.1 Å². The minimum absolute atomic E-state index is 0.0670. The van der Waals surface area contributed by atoms with Gasteiger partial charge in [0.25, 0.3) is 5.91 Å². The SMILES string of the molecule is COc1cccc2sc(C(=O)NCCS(N)(=O)=O)c(N)c12. The normalized spacial score (nSPS) is 11.5. The molecule has 1 aromatic heterocycles. The number of carbonyl (C=O) groups is 1. The van der Waals surface area contributed by atoms with Gasteiger partial charge in [0.2, 0.25) is 10.0 Å². The average molecular weight is 329 g/mol. The van der Waals surface area contributed by atoms with Gasteiger partial charge >= 0.3 is 0 Å². The average Bonchev–Trinajstić information content (AvgIpc) is 2.75. The zero-order valence-corrected chi connectivity index (χ0v) is 12.9. The molecule has 7 nitrogen and oxygen atoms in total. The molecule has 2 aromatic rings. The summed E-state index contributed by atoms with van der Waals surface area (Å²) in [6.45, 7) is -0.0670. The Morgan fingerprint density at radius 3 is 2.76 bits per heavy atom. The second kappa shape index (κ2) is 5.88. The van der Waals surface area contributed by atoms with Crippen molar-refractivity contribution >= 4 is 43.0 Å². The van der Waals surface area contributed by atoms with Gasteiger partial charge in [0.05, 0.1) is 23.9 Å². The molecule has 0 aliphatic carbocycles. The van der Waals surface area contributed by atoms with Gasteiger partial charge in [-0.05, 0) is 12.1 Å². The highest BCUT2D eigenvalue weighted by Gasteiger charge is 2.19. The van der Waals surface area contributed by atoms with E-state index >= 15 is 0 Å². The number of fused-ring (bicyclic) bond motifs is 1. The van der Waals surface area contributed by atoms with Gasteiger partial charge in [0.1, 0.15) is 10.6 Å². The van der Waals surface area contributed by atoms with Crippen LogP contribution in [-0.2, 0) is 10.0 Å². The Hall–Kier alpha value is -1.84. The molecule has 0 saturated heterocycles. The van der Waals surface area contributed by atoms with Crippen LogP contribution < -0.4 is 20.9 Å². The lowest BCUT2D eigenvalue weighted by molar-refractivity contribution is 0.0961. The topological polar surface area (TPSA) is 125 Å². The minimum atomic E-state index is -3.61. The number of methoxy groups -OCH3 is 1. The predicted molar refractivity (Wildman–Crippen MR) is 83.1 cm³/mol. The second-order valence-electron chi connectivity index (χ2n) is 4.30. The summed E-state index contributed by atoms with van der Waals surface area (Å²) in [5, 5.41) is 8.04. The van der Waals surface area contributed by atoms with Crippen molar-refractivity contribution in [1.29, 1.82) is 0 Å². The maximum absolute atomic E-state index is 12.1. The predicted octanol–water partition coefficient (Wildman–Crippen LogP) is 0.510. The van der Waals surface area contributed by atoms with E-state index in [0.717, 1.165) is 4.70 Å². The lowest BCUT2D eigenvalue weighted by Gasteiger charge is -2.04. The summed E-state index contributed by atoms with van der Waals surface area (Å²) in [6.07, 6.45) is 0. The Labute approximate surface area is 125 Å². The molecule has 0 saturated carbocycles. The summed E-state index contributed by atoms with van der Waals surface area (Å²) < 4.78 is 27.7. The highest BCUT2D eigenvalue weighted by atomic mass is 32.2. The van der Waals surface area contributed by atoms with Crippen LogP contribution in [-0.4, -0.2) is 33.7 Å². The van der Waals surface area contributed by atoms with Gasteiger partial charge in [0.15, 0.2) is 0 Å². The third-order valence-corrected chi connectivity index (χ3v) is 4.75. The molecule has 0 unspecified atom stereocenters. The third-order valence-electron chi connectivity index (χ3n) is 2.81. The Morgan fingerprint density at radius 2 is 2.14 bits per heavy atom. The molecule has 0 fully saturated rings. The maximum Gasteiger partial charge on any atom is 0.263 e. The van der Waals surface area contributed by atoms with Gasteiger partial charge in [-0.3, -0.25) is 4.79 Å². The summed E-state index contributed by atoms with van der Waals surface area (Å²) in [5.41, 5.74) is 6.32. The number of benzene rings is 1. The second-order valence-corrected chi connectivity index (χ2v) is 7.09. The molecule has 5 N–H and O–H groups in total. The lowest BCUT2D eigenvalue weighted by atomic mass is 10.2. The van der Waals surface area contributed by atoms with Gasteiger partial charge < -0.3 is 15.8 Å². The van der Waals surface area contributed by atoms with E-state index in [4.69, 9.17) is 15.6 Å². The molecule has 0 aliphatic heterocycles. The number of sulfonamides is 1. The van der Waals surface area contributed by atoms with Gasteiger partial charge in [-0.2, -0.15) is 0 Å². The molecule has 0 spiro atoms. The number of anilines is 1. The quantitative estimate of drug-likeness (QED) is 0.737. The van der Waals surface area contributed by atoms with E-state index in [-0.39, 0.29) is 12.3 Å². The van der Waals surface area contributed by atoms with E-state index in [1.807, 2.05) is 6.07 Å². The first-order valence-electron chi connectivity index (χ1n) is 5.97. The van der Waals surface area contributed by atoms with Crippen LogP contribution in [0.25, 0.3) is 10.1 Å². The van der Waals surface area contributed by atoms with Crippen LogP contribution in [0.15, 0.2) is 18.2 Å². The van der Waals surface area contributed by atoms with Crippen molar-refractivity contribution in [2.24, 2.45) is 5.14 Å². The highest BCUT2D eigenvalue weighted by molar-refractivity contribution is 7.89. The molecule has 0 aliphatic rings. The Balaban J connectivity index is 2.26. The summed E-state index contributed by atoms with van der Waals surface area (Å²) in [4.78, 5) is 12.4. The summed E-state index contributed by atoms with van der Waals surface area (Å²) in [6, 6.07) is 5.40. The van der Waals surface area contributed by atoms with Crippen LogP contribution >= 0.6 is 11.3 Å². The van der Waals surface area contributed by atoms with Crippen molar-refractivity contribution in [3.63, 3.8) is 0 Å². The lowest BCUT2D eigenvalue weighted by Crippen LogP contribution is -2.31. The fraction of sp³-hybridized carbons (Fsp3) is 0.250. The number of carbonyl (C=O) groups excluding carboxylic acids is 1. The fourth-order valence-corrected chi connectivity index (χ4v) is 3.31. The molecule has 0 radical (unpaired) electrons. The minimum Gasteiger partial charge on any atom is -0.496 e. The first-order valence-corrected chi connectivity index (χ1v) is 8.50. The Bertz CT molecular complexity index is 783. The Morgan fingerprint density at radius 1 is 1.43 bits per heavy atom. The smallest absolute Gasteiger partial charge is 0.263 e. The molecule has 9 heteroatoms. The molecule has 1 heterocycles. The van der Waals surface area contributed by atoms with Crippen LogP contribution in [0.5, 0.6) is 5.75 Å². The highest BCUT2D eigenvalue weighted by Crippen LogP contribution is 2.39. The molecule has 114 valence electrons. The van der Waals surface area contributed by atoms with E-state index in [9.17, 15) is 13.2 Å². The van der Waals surface area contributed by atoms with Crippen molar-refractivity contribution < 1.29 is 17.9 Å². The first kappa shape index (κ1) is 15.5. The van der Waals surface area contributed by atoms with Crippen molar-refractivity contribution in [1.82, 2.24) is 5.32 Å². The van der Waals surface area contributed by atoms with Gasteiger partial charge in [-0.15, -0.1) is 11.3 Å². The molecule has 21 heavy (non-hydrogen) atoms. The number of thiophene rings is 1. The molecule has 1 amide bonds. The van der Waals surface area contributed by atoms with Crippen LogP contribution in [0.4, 0.5) is 5.69 Å². The molecule has 0 atom stereocenters. The standard InChI is InChI=1S/C12H15N3O4S2/c1-19-7-3-2-4-8-9(7)10(13)11(20-8)12(16)15-5-6-21(14,17)18/h2-4H,5-6,13H2,1H3,(H,15,16)(H2,14,17,18). The maximum atomic E-state index is 12.1. The third kappa shape index (κ3) is 3.43.